The van der Waals surface area contributed by atoms with E-state index in [-0.39, 0.29) is 5.92 Å². The summed E-state index contributed by atoms with van der Waals surface area (Å²) in [7, 11) is 0. The molecule has 1 atom stereocenters. The number of hydrogen-bond donors (Lipinski definition) is 0. The van der Waals surface area contributed by atoms with Gasteiger partial charge in [-0.05, 0) is 89.3 Å². The molecular weight excluding hydrogens is 715 g/mol. The van der Waals surface area contributed by atoms with E-state index in [0.717, 1.165) is 68.5 Å². The molecule has 10 aromatic rings. The summed E-state index contributed by atoms with van der Waals surface area (Å²) < 4.78 is 4.81. The van der Waals surface area contributed by atoms with Crippen molar-refractivity contribution in [2.45, 2.75) is 32.6 Å². The van der Waals surface area contributed by atoms with E-state index in [1.54, 1.807) is 0 Å². The number of hydrogen-bond acceptors (Lipinski definition) is 1. The number of unbranched alkanes of at least 4 members (excludes halogenated alkanes) is 1. The molecule has 0 N–H and O–H groups in total. The number of nitrogens with zero attached hydrogens (tertiary/aromatic N) is 3. The maximum atomic E-state index is 5.53. The Hall–Kier alpha value is -7.23. The molecular formula is C56H45N3. The minimum Gasteiger partial charge on any atom is -0.309 e. The fourth-order valence-electron chi connectivity index (χ4n) is 8.73. The lowest BCUT2D eigenvalue weighted by molar-refractivity contribution is 0.919. The van der Waals surface area contributed by atoms with E-state index >= 15 is 0 Å². The van der Waals surface area contributed by atoms with Gasteiger partial charge in [-0.15, -0.1) is 0 Å². The smallest absolute Gasteiger partial charge is 0.0977 e. The molecule has 0 saturated heterocycles. The van der Waals surface area contributed by atoms with Gasteiger partial charge >= 0.3 is 0 Å². The van der Waals surface area contributed by atoms with Crippen molar-refractivity contribution in [1.29, 1.82) is 0 Å². The van der Waals surface area contributed by atoms with Crippen molar-refractivity contribution in [2.24, 2.45) is 0 Å². The van der Waals surface area contributed by atoms with Gasteiger partial charge < -0.3 is 9.13 Å². The van der Waals surface area contributed by atoms with Crippen LogP contribution in [0, 0.1) is 0 Å². The molecule has 3 heterocycles. The van der Waals surface area contributed by atoms with Gasteiger partial charge in [-0.1, -0.05) is 166 Å². The van der Waals surface area contributed by atoms with Crippen LogP contribution in [0.4, 0.5) is 0 Å². The highest BCUT2D eigenvalue weighted by molar-refractivity contribution is 6.13. The van der Waals surface area contributed by atoms with Crippen LogP contribution in [0.5, 0.6) is 0 Å². The third-order valence-electron chi connectivity index (χ3n) is 11.7. The van der Waals surface area contributed by atoms with E-state index in [0.29, 0.717) is 0 Å². The highest BCUT2D eigenvalue weighted by atomic mass is 15.0. The zero-order valence-electron chi connectivity index (χ0n) is 33.5. The molecule has 1 unspecified atom stereocenters. The fraction of sp³-hybridized carbons (Fsp3) is 0.0893. The molecule has 0 amide bonds. The number of benzene rings is 7. The first-order chi connectivity index (χ1) is 29.2. The molecule has 284 valence electrons. The summed E-state index contributed by atoms with van der Waals surface area (Å²) >= 11 is 0. The van der Waals surface area contributed by atoms with Crippen LogP contribution in [0.2, 0.25) is 0 Å². The normalized spacial score (nSPS) is 12.5. The van der Waals surface area contributed by atoms with Crippen molar-refractivity contribution >= 4 is 49.8 Å². The lowest BCUT2D eigenvalue weighted by Gasteiger charge is -2.16. The molecule has 0 bridgehead atoms. The summed E-state index contributed by atoms with van der Waals surface area (Å²) in [6.45, 7) is 4.51. The zero-order valence-corrected chi connectivity index (χ0v) is 33.5. The Morgan fingerprint density at radius 2 is 1.14 bits per heavy atom. The highest BCUT2D eigenvalue weighted by Crippen LogP contribution is 2.40. The van der Waals surface area contributed by atoms with Gasteiger partial charge in [0, 0.05) is 44.6 Å². The third-order valence-corrected chi connectivity index (χ3v) is 11.7. The van der Waals surface area contributed by atoms with Crippen LogP contribution in [0.1, 0.15) is 49.3 Å². The molecule has 0 radical (unpaired) electrons. The maximum absolute atomic E-state index is 5.53. The number of para-hydroxylation sites is 2. The first-order valence-electron chi connectivity index (χ1n) is 20.8. The van der Waals surface area contributed by atoms with Gasteiger partial charge in [0.25, 0.3) is 0 Å². The second kappa shape index (κ2) is 15.6. The number of rotatable bonds is 10. The predicted octanol–water partition coefficient (Wildman–Crippen LogP) is 15.1. The van der Waals surface area contributed by atoms with Crippen LogP contribution < -0.4 is 0 Å². The van der Waals surface area contributed by atoms with Crippen molar-refractivity contribution in [3.63, 3.8) is 0 Å². The summed E-state index contributed by atoms with van der Waals surface area (Å²) in [6.07, 6.45) is 11.0. The number of allylic oxidation sites excluding steroid dienone is 3. The van der Waals surface area contributed by atoms with Gasteiger partial charge in [-0.3, -0.25) is 0 Å². The quantitative estimate of drug-likeness (QED) is 0.127. The molecule has 0 aliphatic carbocycles. The standard InChI is InChI=1S/C56H45N3/c1-3-4-5-6-10-24-45-38-51(41-22-13-8-14-23-41)57-55-50-37-44(43-31-33-53-49(36-43)48-29-17-18-30-52(48)58(53)46-26-15-9-16-27-46)32-34-54(50)59(56(45)55)47-28-19-25-42(35-47)39(2)40-20-11-7-12-21-40/h5-39H,3-4H2,1-2H3/b6-5-,24-10+. The average Bonchev–Trinajstić information content (AvgIpc) is 3.82. The predicted molar refractivity (Wildman–Crippen MR) is 251 cm³/mol. The Labute approximate surface area is 345 Å². The van der Waals surface area contributed by atoms with E-state index in [1.165, 1.54) is 38.5 Å². The van der Waals surface area contributed by atoms with Crippen molar-refractivity contribution in [2.75, 3.05) is 0 Å². The van der Waals surface area contributed by atoms with Crippen LogP contribution in [0.15, 0.2) is 200 Å². The number of fused-ring (bicyclic) bond motifs is 6. The van der Waals surface area contributed by atoms with Gasteiger partial charge in [-0.2, -0.15) is 0 Å². The van der Waals surface area contributed by atoms with Gasteiger partial charge in [-0.25, -0.2) is 4.98 Å². The average molecular weight is 760 g/mol. The van der Waals surface area contributed by atoms with E-state index < -0.39 is 0 Å². The topological polar surface area (TPSA) is 22.8 Å². The Balaban J connectivity index is 1.21. The minimum atomic E-state index is 0.240. The Morgan fingerprint density at radius 3 is 1.90 bits per heavy atom. The van der Waals surface area contributed by atoms with Gasteiger partial charge in [0.05, 0.1) is 33.3 Å². The molecule has 3 heteroatoms. The summed E-state index contributed by atoms with van der Waals surface area (Å²) in [6, 6.07) is 65.9. The van der Waals surface area contributed by atoms with Crippen LogP contribution in [-0.2, 0) is 0 Å². The lowest BCUT2D eigenvalue weighted by Crippen LogP contribution is -2.00. The molecule has 0 aliphatic rings. The molecule has 0 spiro atoms. The molecule has 3 nitrogen and oxygen atoms in total. The van der Waals surface area contributed by atoms with Crippen LogP contribution in [-0.4, -0.2) is 14.1 Å². The monoisotopic (exact) mass is 759 g/mol. The Kier molecular flexibility index (Phi) is 9.56. The van der Waals surface area contributed by atoms with Crippen molar-refractivity contribution in [3.05, 3.63) is 217 Å². The van der Waals surface area contributed by atoms with Gasteiger partial charge in [0.1, 0.15) is 0 Å². The Bertz CT molecular complexity index is 3170. The second-order valence-corrected chi connectivity index (χ2v) is 15.5. The van der Waals surface area contributed by atoms with Crippen LogP contribution >= 0.6 is 0 Å². The van der Waals surface area contributed by atoms with Crippen molar-refractivity contribution < 1.29 is 0 Å². The molecule has 3 aromatic heterocycles. The third kappa shape index (κ3) is 6.65. The largest absolute Gasteiger partial charge is 0.309 e. The first-order valence-corrected chi connectivity index (χ1v) is 20.8. The first kappa shape index (κ1) is 36.1. The summed E-state index contributed by atoms with van der Waals surface area (Å²) in [5.74, 6) is 0.240. The molecule has 0 saturated carbocycles. The molecule has 59 heavy (non-hydrogen) atoms. The summed E-state index contributed by atoms with van der Waals surface area (Å²) in [5.41, 5.74) is 16.0. The lowest BCUT2D eigenvalue weighted by atomic mass is 9.93. The maximum Gasteiger partial charge on any atom is 0.0977 e. The fourth-order valence-corrected chi connectivity index (χ4v) is 8.73. The van der Waals surface area contributed by atoms with Crippen molar-refractivity contribution in [1.82, 2.24) is 14.1 Å². The zero-order chi connectivity index (χ0) is 39.7. The molecule has 7 aromatic carbocycles. The van der Waals surface area contributed by atoms with Crippen molar-refractivity contribution in [3.8, 4) is 33.8 Å². The number of pyridine rings is 1. The van der Waals surface area contributed by atoms with E-state index in [4.69, 9.17) is 4.98 Å². The number of aromatic nitrogens is 3. The Morgan fingerprint density at radius 1 is 0.508 bits per heavy atom. The van der Waals surface area contributed by atoms with E-state index in [1.807, 2.05) is 0 Å². The van der Waals surface area contributed by atoms with Gasteiger partial charge in [0.2, 0.25) is 0 Å². The highest BCUT2D eigenvalue weighted by Gasteiger charge is 2.21. The summed E-state index contributed by atoms with van der Waals surface area (Å²) in [5, 5.41) is 3.61. The molecule has 0 aliphatic heterocycles. The molecule has 0 fully saturated rings. The van der Waals surface area contributed by atoms with Crippen LogP contribution in [0.25, 0.3) is 83.6 Å². The SMILES string of the molecule is CCC/C=C\C=C\c1cc(-c2ccccc2)nc2c3cc(-c4ccc5c(c4)c4ccccc4n5-c4ccccc4)ccc3n(-c3cccc(C(C)c4ccccc4)c3)c12. The summed E-state index contributed by atoms with van der Waals surface area (Å²) in [4.78, 5) is 5.53. The van der Waals surface area contributed by atoms with E-state index in [9.17, 15) is 0 Å². The van der Waals surface area contributed by atoms with Crippen LogP contribution in [0.3, 0.4) is 0 Å². The second-order valence-electron chi connectivity index (χ2n) is 15.5. The van der Waals surface area contributed by atoms with E-state index in [2.05, 4.69) is 229 Å². The molecule has 10 rings (SSSR count). The minimum absolute atomic E-state index is 0.240. The van der Waals surface area contributed by atoms with Gasteiger partial charge in [0.15, 0.2) is 0 Å².